The van der Waals surface area contributed by atoms with E-state index in [0.717, 1.165) is 5.82 Å². The first-order valence-corrected chi connectivity index (χ1v) is 7.55. The lowest BCUT2D eigenvalue weighted by Gasteiger charge is -2.19. The van der Waals surface area contributed by atoms with Crippen LogP contribution < -0.4 is 25.0 Å². The van der Waals surface area contributed by atoms with Crippen LogP contribution in [0.3, 0.4) is 0 Å². The van der Waals surface area contributed by atoms with Crippen molar-refractivity contribution in [2.24, 2.45) is 0 Å². The van der Waals surface area contributed by atoms with Gasteiger partial charge in [-0.05, 0) is 18.2 Å². The van der Waals surface area contributed by atoms with E-state index in [1.165, 1.54) is 0 Å². The third-order valence-electron chi connectivity index (χ3n) is 3.36. The molecule has 0 fully saturated rings. The Labute approximate surface area is 139 Å². The molecular weight excluding hydrogens is 310 g/mol. The van der Waals surface area contributed by atoms with Gasteiger partial charge in [0, 0.05) is 32.0 Å². The molecule has 8 heteroatoms. The van der Waals surface area contributed by atoms with Crippen molar-refractivity contribution in [3.63, 3.8) is 0 Å². The topological polar surface area (TPSA) is 88.6 Å². The highest BCUT2D eigenvalue weighted by molar-refractivity contribution is 5.89. The third-order valence-corrected chi connectivity index (χ3v) is 3.36. The Bertz CT molecular complexity index is 735. The molecule has 0 bridgehead atoms. The van der Waals surface area contributed by atoms with E-state index in [4.69, 9.17) is 9.47 Å². The summed E-state index contributed by atoms with van der Waals surface area (Å²) >= 11 is 0. The molecule has 2 amide bonds. The van der Waals surface area contributed by atoms with E-state index in [0.29, 0.717) is 36.2 Å². The predicted molar refractivity (Wildman–Crippen MR) is 89.6 cm³/mol. The summed E-state index contributed by atoms with van der Waals surface area (Å²) in [4.78, 5) is 22.4. The molecular formula is C16H19N5O3. The van der Waals surface area contributed by atoms with Gasteiger partial charge in [0.1, 0.15) is 24.9 Å². The van der Waals surface area contributed by atoms with Crippen molar-refractivity contribution in [3.8, 4) is 11.5 Å². The van der Waals surface area contributed by atoms with Crippen molar-refractivity contribution < 1.29 is 14.3 Å². The Kier molecular flexibility index (Phi) is 4.64. The van der Waals surface area contributed by atoms with E-state index in [2.05, 4.69) is 20.6 Å². The van der Waals surface area contributed by atoms with Gasteiger partial charge in [0.05, 0.1) is 6.54 Å². The van der Waals surface area contributed by atoms with Crippen molar-refractivity contribution in [1.82, 2.24) is 15.3 Å². The van der Waals surface area contributed by atoms with E-state index in [1.807, 2.05) is 19.0 Å². The lowest BCUT2D eigenvalue weighted by molar-refractivity contribution is 0.171. The van der Waals surface area contributed by atoms with Crippen LogP contribution >= 0.6 is 0 Å². The summed E-state index contributed by atoms with van der Waals surface area (Å²) in [6.45, 7) is 1.27. The van der Waals surface area contributed by atoms with E-state index in [9.17, 15) is 4.79 Å². The molecule has 0 unspecified atom stereocenters. The summed E-state index contributed by atoms with van der Waals surface area (Å²) in [5, 5.41) is 5.48. The molecule has 2 N–H and O–H groups in total. The van der Waals surface area contributed by atoms with Crippen LogP contribution in [0, 0.1) is 0 Å². The van der Waals surface area contributed by atoms with Crippen molar-refractivity contribution in [2.75, 3.05) is 37.5 Å². The summed E-state index contributed by atoms with van der Waals surface area (Å²) < 4.78 is 10.9. The lowest BCUT2D eigenvalue weighted by Crippen LogP contribution is -2.29. The van der Waals surface area contributed by atoms with E-state index in [1.54, 1.807) is 30.5 Å². The highest BCUT2D eigenvalue weighted by Gasteiger charge is 2.12. The highest BCUT2D eigenvalue weighted by atomic mass is 16.6. The highest BCUT2D eigenvalue weighted by Crippen LogP contribution is 2.32. The van der Waals surface area contributed by atoms with Gasteiger partial charge in [0.25, 0.3) is 0 Å². The van der Waals surface area contributed by atoms with Crippen LogP contribution in [-0.4, -0.2) is 43.3 Å². The number of nitrogens with zero attached hydrogens (tertiary/aromatic N) is 3. The van der Waals surface area contributed by atoms with Gasteiger partial charge >= 0.3 is 6.03 Å². The van der Waals surface area contributed by atoms with Gasteiger partial charge in [-0.2, -0.15) is 0 Å². The van der Waals surface area contributed by atoms with Crippen LogP contribution in [0.25, 0.3) is 0 Å². The molecule has 3 rings (SSSR count). The fraction of sp³-hybridized carbons (Fsp3) is 0.312. The molecule has 0 spiro atoms. The van der Waals surface area contributed by atoms with Gasteiger partial charge in [-0.3, -0.25) is 0 Å². The quantitative estimate of drug-likeness (QED) is 0.886. The van der Waals surface area contributed by atoms with Crippen LogP contribution in [0.4, 0.5) is 16.3 Å². The number of carbonyl (C=O) groups is 1. The van der Waals surface area contributed by atoms with Gasteiger partial charge in [0.15, 0.2) is 11.5 Å². The largest absolute Gasteiger partial charge is 0.486 e. The molecule has 1 aliphatic heterocycles. The first-order chi connectivity index (χ1) is 11.6. The number of hydrogen-bond donors (Lipinski definition) is 2. The maximum Gasteiger partial charge on any atom is 0.319 e. The Hall–Kier alpha value is -3.03. The van der Waals surface area contributed by atoms with Crippen LogP contribution in [0.1, 0.15) is 5.82 Å². The Balaban J connectivity index is 1.57. The number of rotatable bonds is 4. The van der Waals surface area contributed by atoms with Crippen molar-refractivity contribution in [3.05, 3.63) is 36.3 Å². The van der Waals surface area contributed by atoms with E-state index < -0.39 is 0 Å². The zero-order valence-electron chi connectivity index (χ0n) is 13.6. The second-order valence-electron chi connectivity index (χ2n) is 5.39. The zero-order valence-corrected chi connectivity index (χ0v) is 13.6. The minimum absolute atomic E-state index is 0.234. The maximum absolute atomic E-state index is 12.0. The second-order valence-corrected chi connectivity index (χ2v) is 5.39. The number of carbonyl (C=O) groups excluding carboxylic acids is 1. The van der Waals surface area contributed by atoms with Gasteiger partial charge in [0.2, 0.25) is 0 Å². The average molecular weight is 329 g/mol. The molecule has 1 aromatic carbocycles. The number of hydrogen-bond acceptors (Lipinski definition) is 6. The molecule has 0 saturated heterocycles. The fourth-order valence-electron chi connectivity index (χ4n) is 2.18. The fourth-order valence-corrected chi connectivity index (χ4v) is 2.18. The van der Waals surface area contributed by atoms with E-state index >= 15 is 0 Å². The first-order valence-electron chi connectivity index (χ1n) is 7.55. The van der Waals surface area contributed by atoms with Crippen molar-refractivity contribution in [1.29, 1.82) is 0 Å². The molecule has 0 radical (unpaired) electrons. The molecule has 0 saturated carbocycles. The summed E-state index contributed by atoms with van der Waals surface area (Å²) in [7, 11) is 3.79. The minimum atomic E-state index is -0.342. The number of nitrogens with one attached hydrogen (secondary N) is 2. The summed E-state index contributed by atoms with van der Waals surface area (Å²) in [6.07, 6.45) is 1.66. The SMILES string of the molecule is CN(C)c1ccnc(CNC(=O)Nc2ccc3c(c2)OCCO3)n1. The van der Waals surface area contributed by atoms with Crippen LogP contribution in [-0.2, 0) is 6.54 Å². The number of amides is 2. The van der Waals surface area contributed by atoms with Crippen LogP contribution in [0.15, 0.2) is 30.5 Å². The number of anilines is 2. The standard InChI is InChI=1S/C16H19N5O3/c1-21(2)15-5-6-17-14(20-15)10-18-16(22)19-11-3-4-12-13(9-11)24-8-7-23-12/h3-6,9H,7-8,10H2,1-2H3,(H2,18,19,22). The maximum atomic E-state index is 12.0. The summed E-state index contributed by atoms with van der Waals surface area (Å²) in [5.74, 6) is 2.63. The number of aromatic nitrogens is 2. The molecule has 24 heavy (non-hydrogen) atoms. The average Bonchev–Trinajstić information content (AvgIpc) is 2.60. The summed E-state index contributed by atoms with van der Waals surface area (Å²) in [6, 6.07) is 6.73. The minimum Gasteiger partial charge on any atom is -0.486 e. The Morgan fingerprint density at radius 2 is 2.00 bits per heavy atom. The van der Waals surface area contributed by atoms with Crippen LogP contribution in [0.5, 0.6) is 11.5 Å². The normalized spacial score (nSPS) is 12.4. The van der Waals surface area contributed by atoms with Crippen molar-refractivity contribution >= 4 is 17.5 Å². The smallest absolute Gasteiger partial charge is 0.319 e. The number of urea groups is 1. The molecule has 2 aromatic rings. The lowest BCUT2D eigenvalue weighted by atomic mass is 10.2. The Morgan fingerprint density at radius 3 is 2.79 bits per heavy atom. The zero-order chi connectivity index (χ0) is 16.9. The number of fused-ring (bicyclic) bond motifs is 1. The van der Waals surface area contributed by atoms with Crippen molar-refractivity contribution in [2.45, 2.75) is 6.54 Å². The van der Waals surface area contributed by atoms with Gasteiger partial charge in [-0.15, -0.1) is 0 Å². The van der Waals surface area contributed by atoms with Gasteiger partial charge < -0.3 is 25.0 Å². The second kappa shape index (κ2) is 7.03. The molecule has 8 nitrogen and oxygen atoms in total. The molecule has 126 valence electrons. The first kappa shape index (κ1) is 15.9. The van der Waals surface area contributed by atoms with E-state index in [-0.39, 0.29) is 12.6 Å². The molecule has 1 aliphatic rings. The monoisotopic (exact) mass is 329 g/mol. The molecule has 1 aromatic heterocycles. The number of benzene rings is 1. The molecule has 0 atom stereocenters. The third kappa shape index (κ3) is 3.83. The predicted octanol–water partition coefficient (Wildman–Crippen LogP) is 1.64. The number of ether oxygens (including phenoxy) is 2. The van der Waals surface area contributed by atoms with Crippen LogP contribution in [0.2, 0.25) is 0 Å². The van der Waals surface area contributed by atoms with Gasteiger partial charge in [-0.1, -0.05) is 0 Å². The van der Waals surface area contributed by atoms with Gasteiger partial charge in [-0.25, -0.2) is 14.8 Å². The Morgan fingerprint density at radius 1 is 1.21 bits per heavy atom. The molecule has 0 aliphatic carbocycles. The summed E-state index contributed by atoms with van der Waals surface area (Å²) in [5.41, 5.74) is 0.625. The molecule has 2 heterocycles.